The minimum atomic E-state index is 1.21. The molecule has 0 aliphatic rings. The van der Waals surface area contributed by atoms with Gasteiger partial charge < -0.3 is 5.73 Å². The molecule has 0 radical (unpaired) electrons. The fourth-order valence-corrected chi connectivity index (χ4v) is 1.36. The molecule has 0 atom stereocenters. The van der Waals surface area contributed by atoms with Crippen LogP contribution in [0.5, 0.6) is 0 Å². The minimum absolute atomic E-state index is 1.21. The molecular formula is C22H39N. The lowest BCUT2D eigenvalue weighted by atomic mass is 10.1. The highest BCUT2D eigenvalue weighted by atomic mass is 14.5. The molecule has 0 heterocycles. The van der Waals surface area contributed by atoms with Gasteiger partial charge in [-0.05, 0) is 33.4 Å². The highest BCUT2D eigenvalue weighted by Crippen LogP contribution is 2.05. The minimum Gasteiger partial charge on any atom is -0.405 e. The first-order valence-electron chi connectivity index (χ1n) is 8.28. The average molecular weight is 318 g/mol. The summed E-state index contributed by atoms with van der Waals surface area (Å²) in [5, 5.41) is 0. The maximum absolute atomic E-state index is 4.61. The number of hydrogen-bond acceptors (Lipinski definition) is 1. The molecule has 23 heavy (non-hydrogen) atoms. The van der Waals surface area contributed by atoms with Crippen LogP contribution in [0.25, 0.3) is 0 Å². The normalized spacial score (nSPS) is 8.70. The van der Waals surface area contributed by atoms with Crippen LogP contribution in [-0.4, -0.2) is 0 Å². The molecule has 0 spiro atoms. The van der Waals surface area contributed by atoms with E-state index in [9.17, 15) is 0 Å². The topological polar surface area (TPSA) is 26.0 Å². The second-order valence-corrected chi connectivity index (χ2v) is 4.00. The first-order chi connectivity index (χ1) is 11.2. The monoisotopic (exact) mass is 317 g/mol. The Bertz CT molecular complexity index is 361. The van der Waals surface area contributed by atoms with Gasteiger partial charge in [0.1, 0.15) is 0 Å². The maximum Gasteiger partial charge on any atom is -0.0136 e. The number of rotatable bonds is 3. The van der Waals surface area contributed by atoms with Crippen LogP contribution in [0.15, 0.2) is 80.1 Å². The van der Waals surface area contributed by atoms with E-state index in [0.29, 0.717) is 0 Å². The maximum atomic E-state index is 4.61. The van der Waals surface area contributed by atoms with Gasteiger partial charge in [0.25, 0.3) is 0 Å². The molecule has 1 rings (SSSR count). The Morgan fingerprint density at radius 1 is 1.09 bits per heavy atom. The van der Waals surface area contributed by atoms with E-state index in [1.54, 1.807) is 0 Å². The highest BCUT2D eigenvalue weighted by molar-refractivity contribution is 5.16. The Kier molecular flexibility index (Phi) is 40.5. The standard InChI is InChI=1S/C9H16.C7H8.C2H5N.C2H6.C2H4/c1-4-7-9(6-3)8-5-2;1-7-5-3-2-4-6-7;1-2-3;2*1-2/h4,6-7H,5,8H2,1-3H3;2-6H,1H3;2H,1,3H2;1-2H3;1-2H2/b7-4-,9-6+;;;;. The molecule has 1 aromatic rings. The van der Waals surface area contributed by atoms with Gasteiger partial charge >= 0.3 is 0 Å². The van der Waals surface area contributed by atoms with Gasteiger partial charge in [0.2, 0.25) is 0 Å². The molecule has 1 aromatic carbocycles. The van der Waals surface area contributed by atoms with Gasteiger partial charge in [0, 0.05) is 0 Å². The predicted molar refractivity (Wildman–Crippen MR) is 112 cm³/mol. The number of allylic oxidation sites excluding steroid dienone is 4. The van der Waals surface area contributed by atoms with Crippen LogP contribution in [-0.2, 0) is 0 Å². The Morgan fingerprint density at radius 2 is 1.52 bits per heavy atom. The molecule has 0 unspecified atom stereocenters. The van der Waals surface area contributed by atoms with Crippen molar-refractivity contribution >= 4 is 0 Å². The van der Waals surface area contributed by atoms with E-state index in [1.165, 1.54) is 30.2 Å². The van der Waals surface area contributed by atoms with Crippen LogP contribution >= 0.6 is 0 Å². The summed E-state index contributed by atoms with van der Waals surface area (Å²) in [6, 6.07) is 10.3. The second-order valence-electron chi connectivity index (χ2n) is 4.00. The molecule has 0 aromatic heterocycles. The summed E-state index contributed by atoms with van der Waals surface area (Å²) >= 11 is 0. The van der Waals surface area contributed by atoms with Crippen LogP contribution < -0.4 is 5.73 Å². The van der Waals surface area contributed by atoms with E-state index < -0.39 is 0 Å². The van der Waals surface area contributed by atoms with Crippen molar-refractivity contribution in [3.63, 3.8) is 0 Å². The Morgan fingerprint density at radius 3 is 1.74 bits per heavy atom. The molecule has 1 heteroatoms. The zero-order chi connectivity index (χ0) is 18.9. The zero-order valence-electron chi connectivity index (χ0n) is 16.3. The van der Waals surface area contributed by atoms with Crippen LogP contribution in [0.3, 0.4) is 0 Å². The summed E-state index contributed by atoms with van der Waals surface area (Å²) in [5.41, 5.74) is 7.38. The number of nitrogens with two attached hydrogens (primary N) is 1. The van der Waals surface area contributed by atoms with Crippen molar-refractivity contribution in [1.29, 1.82) is 0 Å². The van der Waals surface area contributed by atoms with Gasteiger partial charge in [-0.3, -0.25) is 0 Å². The molecule has 0 fully saturated rings. The molecule has 0 bridgehead atoms. The molecule has 0 aliphatic heterocycles. The summed E-state index contributed by atoms with van der Waals surface area (Å²) in [6.45, 7) is 21.6. The fraction of sp³-hybridized carbons (Fsp3) is 0.364. The summed E-state index contributed by atoms with van der Waals surface area (Å²) in [5.74, 6) is 0. The van der Waals surface area contributed by atoms with Crippen molar-refractivity contribution in [2.45, 2.75) is 54.4 Å². The summed E-state index contributed by atoms with van der Waals surface area (Å²) in [7, 11) is 0. The van der Waals surface area contributed by atoms with Crippen molar-refractivity contribution in [3.8, 4) is 0 Å². The van der Waals surface area contributed by atoms with Crippen molar-refractivity contribution in [2.24, 2.45) is 5.73 Å². The van der Waals surface area contributed by atoms with E-state index in [1.807, 2.05) is 32.0 Å². The summed E-state index contributed by atoms with van der Waals surface area (Å²) in [4.78, 5) is 0. The quantitative estimate of drug-likeness (QED) is 0.462. The zero-order valence-corrected chi connectivity index (χ0v) is 16.3. The van der Waals surface area contributed by atoms with Gasteiger partial charge in [0.15, 0.2) is 0 Å². The van der Waals surface area contributed by atoms with E-state index in [2.05, 4.69) is 83.5 Å². The fourth-order valence-electron chi connectivity index (χ4n) is 1.36. The van der Waals surface area contributed by atoms with E-state index >= 15 is 0 Å². The predicted octanol–water partition coefficient (Wildman–Crippen LogP) is 7.22. The van der Waals surface area contributed by atoms with Gasteiger partial charge in [-0.25, -0.2) is 0 Å². The highest BCUT2D eigenvalue weighted by Gasteiger charge is 1.84. The van der Waals surface area contributed by atoms with Gasteiger partial charge in [-0.2, -0.15) is 0 Å². The molecule has 0 saturated carbocycles. The lowest BCUT2D eigenvalue weighted by Crippen LogP contribution is -1.74. The summed E-state index contributed by atoms with van der Waals surface area (Å²) < 4.78 is 0. The molecule has 2 N–H and O–H groups in total. The van der Waals surface area contributed by atoms with Crippen molar-refractivity contribution in [1.82, 2.24) is 0 Å². The van der Waals surface area contributed by atoms with Gasteiger partial charge in [-0.15, -0.1) is 13.2 Å². The van der Waals surface area contributed by atoms with Crippen molar-refractivity contribution in [2.75, 3.05) is 0 Å². The number of hydrogen-bond donors (Lipinski definition) is 1. The molecule has 0 aliphatic carbocycles. The summed E-state index contributed by atoms with van der Waals surface area (Å²) in [6.07, 6.45) is 10.1. The second kappa shape index (κ2) is 32.1. The molecular weight excluding hydrogens is 278 g/mol. The lowest BCUT2D eigenvalue weighted by Gasteiger charge is -1.94. The SMILES string of the molecule is C/C=C\C(=C/C)CCC.C=C.C=CN.CC.Cc1ccccc1. The Hall–Kier alpha value is -2.02. The third-order valence-corrected chi connectivity index (χ3v) is 2.23. The Labute approximate surface area is 146 Å². The van der Waals surface area contributed by atoms with Gasteiger partial charge in [0.05, 0.1) is 0 Å². The third-order valence-electron chi connectivity index (χ3n) is 2.23. The lowest BCUT2D eigenvalue weighted by molar-refractivity contribution is 0.924. The molecule has 0 saturated heterocycles. The van der Waals surface area contributed by atoms with Crippen LogP contribution in [0.1, 0.15) is 53.0 Å². The number of benzene rings is 1. The number of aryl methyl sites for hydroxylation is 1. The third kappa shape index (κ3) is 33.0. The van der Waals surface area contributed by atoms with Gasteiger partial charge in [-0.1, -0.05) is 93.5 Å². The Balaban J connectivity index is -0.000000114. The smallest absolute Gasteiger partial charge is 0.0136 e. The molecule has 1 nitrogen and oxygen atoms in total. The van der Waals surface area contributed by atoms with Crippen LogP contribution in [0.4, 0.5) is 0 Å². The van der Waals surface area contributed by atoms with E-state index in [0.717, 1.165) is 0 Å². The van der Waals surface area contributed by atoms with E-state index in [4.69, 9.17) is 0 Å². The van der Waals surface area contributed by atoms with Crippen molar-refractivity contribution < 1.29 is 0 Å². The first kappa shape index (κ1) is 29.0. The van der Waals surface area contributed by atoms with Crippen molar-refractivity contribution in [3.05, 3.63) is 85.6 Å². The van der Waals surface area contributed by atoms with E-state index in [-0.39, 0.29) is 0 Å². The van der Waals surface area contributed by atoms with Crippen LogP contribution in [0, 0.1) is 6.92 Å². The largest absolute Gasteiger partial charge is 0.405 e. The van der Waals surface area contributed by atoms with Crippen LogP contribution in [0.2, 0.25) is 0 Å². The first-order valence-corrected chi connectivity index (χ1v) is 8.28. The molecule has 132 valence electrons. The average Bonchev–Trinajstić information content (AvgIpc) is 2.60. The molecule has 0 amide bonds.